The Balaban J connectivity index is 1.75. The number of pyridine rings is 1. The quantitative estimate of drug-likeness (QED) is 0.412. The number of allylic oxidation sites excluding steroid dienone is 1. The Labute approximate surface area is 220 Å². The number of halogens is 1. The molecule has 0 spiro atoms. The average Bonchev–Trinajstić information content (AvgIpc) is 3.52. The molecule has 1 saturated heterocycles. The van der Waals surface area contributed by atoms with Crippen molar-refractivity contribution in [2.75, 3.05) is 33.0 Å². The summed E-state index contributed by atoms with van der Waals surface area (Å²) in [5, 5.41) is 14.9. The lowest BCUT2D eigenvalue weighted by atomic mass is 9.96. The number of amides is 1. The summed E-state index contributed by atoms with van der Waals surface area (Å²) < 4.78 is 26.9. The minimum absolute atomic E-state index is 0.183. The van der Waals surface area contributed by atoms with E-state index in [9.17, 15) is 14.4 Å². The lowest BCUT2D eigenvalue weighted by Crippen LogP contribution is -2.30. The van der Waals surface area contributed by atoms with Gasteiger partial charge in [-0.15, -0.1) is 0 Å². The van der Waals surface area contributed by atoms with E-state index < -0.39 is 17.1 Å². The zero-order valence-electron chi connectivity index (χ0n) is 22.0. The monoisotopic (exact) mass is 516 g/mol. The summed E-state index contributed by atoms with van der Waals surface area (Å²) >= 11 is 0. The largest absolute Gasteiger partial charge is 0.497 e. The molecule has 0 saturated carbocycles. The maximum absolute atomic E-state index is 14.6. The Morgan fingerprint density at radius 3 is 2.50 bits per heavy atom. The number of nitriles is 1. The molecule has 1 aliphatic heterocycles. The first-order valence-corrected chi connectivity index (χ1v) is 12.0. The van der Waals surface area contributed by atoms with Gasteiger partial charge in [-0.3, -0.25) is 9.48 Å². The number of nitrogens with zero attached hydrogens (tertiary/aromatic N) is 5. The van der Waals surface area contributed by atoms with Gasteiger partial charge < -0.3 is 20.1 Å². The number of aromatic nitrogens is 3. The lowest BCUT2D eigenvalue weighted by molar-refractivity contribution is -0.127. The number of rotatable bonds is 4. The molecule has 1 aliphatic rings. The van der Waals surface area contributed by atoms with Gasteiger partial charge in [0.05, 0.1) is 36.7 Å². The van der Waals surface area contributed by atoms with Crippen LogP contribution in [-0.2, 0) is 4.79 Å². The number of nitrogens with two attached hydrogens (primary N) is 1. The van der Waals surface area contributed by atoms with Crippen LogP contribution in [0.1, 0.15) is 50.1 Å². The predicted octanol–water partition coefficient (Wildman–Crippen LogP) is 3.98. The van der Waals surface area contributed by atoms with Crippen LogP contribution in [0.3, 0.4) is 0 Å². The Bertz CT molecular complexity index is 1510. The van der Waals surface area contributed by atoms with Gasteiger partial charge in [0.15, 0.2) is 5.83 Å². The third-order valence-electron chi connectivity index (χ3n) is 6.11. The molecular formula is C28H29FN6O3. The molecule has 4 rings (SSSR count). The number of benzene rings is 1. The second-order valence-electron chi connectivity index (χ2n) is 10.1. The molecule has 196 valence electrons. The summed E-state index contributed by atoms with van der Waals surface area (Å²) in [4.78, 5) is 18.4. The van der Waals surface area contributed by atoms with Crippen LogP contribution in [0.25, 0.3) is 10.9 Å². The maximum atomic E-state index is 14.6. The van der Waals surface area contributed by atoms with Crippen LogP contribution in [0.5, 0.6) is 11.5 Å². The van der Waals surface area contributed by atoms with E-state index >= 15 is 0 Å². The first kappa shape index (κ1) is 26.5. The van der Waals surface area contributed by atoms with Crippen LogP contribution in [0, 0.1) is 28.6 Å². The van der Waals surface area contributed by atoms with Crippen molar-refractivity contribution in [3.05, 3.63) is 53.1 Å². The van der Waals surface area contributed by atoms with Crippen LogP contribution < -0.4 is 15.2 Å². The van der Waals surface area contributed by atoms with Crippen molar-refractivity contribution in [2.24, 2.45) is 5.41 Å². The number of ether oxygens (including phenoxy) is 2. The number of fused-ring (bicyclic) bond motifs is 1. The van der Waals surface area contributed by atoms with Gasteiger partial charge in [0.25, 0.3) is 5.91 Å². The van der Waals surface area contributed by atoms with Gasteiger partial charge in [0.1, 0.15) is 29.1 Å². The van der Waals surface area contributed by atoms with Crippen molar-refractivity contribution in [2.45, 2.75) is 33.2 Å². The SMILES string of the molecule is COc1cc(C#Cc2nn(C3CCN(C(=O)C(F)=CC(C)(C)C)C3)c3c(C#N)cnc(N)c23)cc(OC)c1. The highest BCUT2D eigenvalue weighted by Crippen LogP contribution is 2.32. The number of hydrogen-bond acceptors (Lipinski definition) is 7. The fraction of sp³-hybridized carbons (Fsp3) is 0.357. The minimum Gasteiger partial charge on any atom is -0.497 e. The van der Waals surface area contributed by atoms with E-state index in [1.54, 1.807) is 37.1 Å². The molecule has 3 heterocycles. The molecule has 0 radical (unpaired) electrons. The average molecular weight is 517 g/mol. The highest BCUT2D eigenvalue weighted by atomic mass is 19.1. The van der Waals surface area contributed by atoms with Crippen molar-refractivity contribution in [1.82, 2.24) is 19.7 Å². The molecule has 1 aromatic carbocycles. The number of nitrogen functional groups attached to an aromatic ring is 1. The molecule has 1 fully saturated rings. The minimum atomic E-state index is -0.782. The standard InChI is InChI=1S/C28H29FN6O3/c1-28(2,3)13-22(29)27(36)34-9-8-19(16-34)35-25-18(14-30)15-32-26(31)24(25)23(33-35)7-6-17-10-20(37-4)12-21(11-17)38-5/h10-13,15,19H,8-9,16H2,1-5H3,(H2,31,32). The first-order chi connectivity index (χ1) is 18.0. The molecule has 38 heavy (non-hydrogen) atoms. The van der Waals surface area contributed by atoms with Gasteiger partial charge in [0.2, 0.25) is 0 Å². The fourth-order valence-corrected chi connectivity index (χ4v) is 4.36. The van der Waals surface area contributed by atoms with E-state index in [2.05, 4.69) is 22.9 Å². The second-order valence-corrected chi connectivity index (χ2v) is 10.1. The van der Waals surface area contributed by atoms with E-state index in [4.69, 9.17) is 20.3 Å². The van der Waals surface area contributed by atoms with Crippen molar-refractivity contribution in [1.29, 1.82) is 5.26 Å². The highest BCUT2D eigenvalue weighted by molar-refractivity contribution is 5.96. The van der Waals surface area contributed by atoms with Crippen LogP contribution in [0.15, 0.2) is 36.3 Å². The number of methoxy groups -OCH3 is 2. The fourth-order valence-electron chi connectivity index (χ4n) is 4.36. The third kappa shape index (κ3) is 5.40. The molecule has 9 nitrogen and oxygen atoms in total. The van der Waals surface area contributed by atoms with E-state index in [1.165, 1.54) is 17.2 Å². The topological polar surface area (TPSA) is 119 Å². The number of likely N-dealkylation sites (tertiary alicyclic amines) is 1. The number of carbonyl (C=O) groups is 1. The first-order valence-electron chi connectivity index (χ1n) is 12.0. The Morgan fingerprint density at radius 1 is 1.21 bits per heavy atom. The summed E-state index contributed by atoms with van der Waals surface area (Å²) in [5.74, 6) is 6.02. The molecule has 1 unspecified atom stereocenters. The van der Waals surface area contributed by atoms with Crippen LogP contribution in [-0.4, -0.2) is 52.9 Å². The Hall–Kier alpha value is -4.57. The van der Waals surface area contributed by atoms with Crippen LogP contribution in [0.4, 0.5) is 10.2 Å². The van der Waals surface area contributed by atoms with Gasteiger partial charge in [-0.2, -0.15) is 10.4 Å². The summed E-state index contributed by atoms with van der Waals surface area (Å²) in [7, 11) is 3.11. The second kappa shape index (κ2) is 10.4. The van der Waals surface area contributed by atoms with E-state index in [-0.39, 0.29) is 24.0 Å². The Kier molecular flexibility index (Phi) is 7.27. The summed E-state index contributed by atoms with van der Waals surface area (Å²) in [5.41, 5.74) is 7.49. The molecule has 2 aromatic heterocycles. The van der Waals surface area contributed by atoms with E-state index in [0.29, 0.717) is 46.6 Å². The van der Waals surface area contributed by atoms with Crippen molar-refractivity contribution in [3.63, 3.8) is 0 Å². The lowest BCUT2D eigenvalue weighted by Gasteiger charge is -2.18. The maximum Gasteiger partial charge on any atom is 0.282 e. The van der Waals surface area contributed by atoms with Crippen molar-refractivity contribution >= 4 is 22.6 Å². The smallest absolute Gasteiger partial charge is 0.282 e. The zero-order valence-corrected chi connectivity index (χ0v) is 22.0. The molecule has 10 heteroatoms. The molecule has 1 amide bonds. The Morgan fingerprint density at radius 2 is 1.89 bits per heavy atom. The molecule has 0 aliphatic carbocycles. The van der Waals surface area contributed by atoms with E-state index in [0.717, 1.165) is 0 Å². The van der Waals surface area contributed by atoms with Crippen molar-refractivity contribution in [3.8, 4) is 29.4 Å². The summed E-state index contributed by atoms with van der Waals surface area (Å²) in [6, 6.07) is 7.11. The van der Waals surface area contributed by atoms with Gasteiger partial charge >= 0.3 is 0 Å². The molecule has 0 bridgehead atoms. The third-order valence-corrected chi connectivity index (χ3v) is 6.11. The molecule has 1 atom stereocenters. The van der Waals surface area contributed by atoms with Crippen LogP contribution in [0.2, 0.25) is 0 Å². The predicted molar refractivity (Wildman–Crippen MR) is 141 cm³/mol. The number of anilines is 1. The number of hydrogen-bond donors (Lipinski definition) is 1. The normalized spacial score (nSPS) is 15.7. The summed E-state index contributed by atoms with van der Waals surface area (Å²) in [6.07, 6.45) is 3.25. The molecule has 3 aromatic rings. The van der Waals surface area contributed by atoms with Gasteiger partial charge in [-0.1, -0.05) is 26.7 Å². The van der Waals surface area contributed by atoms with Crippen molar-refractivity contribution < 1.29 is 18.7 Å². The van der Waals surface area contributed by atoms with Gasteiger partial charge in [-0.25, -0.2) is 9.37 Å². The molecule has 2 N–H and O–H groups in total. The van der Waals surface area contributed by atoms with Gasteiger partial charge in [0, 0.05) is 30.9 Å². The van der Waals surface area contributed by atoms with Gasteiger partial charge in [-0.05, 0) is 36.0 Å². The highest BCUT2D eigenvalue weighted by Gasteiger charge is 2.32. The molecular weight excluding hydrogens is 487 g/mol. The number of carbonyl (C=O) groups excluding carboxylic acids is 1. The summed E-state index contributed by atoms with van der Waals surface area (Å²) in [6.45, 7) is 6.06. The van der Waals surface area contributed by atoms with Crippen LogP contribution >= 0.6 is 0 Å². The van der Waals surface area contributed by atoms with E-state index in [1.807, 2.05) is 20.8 Å². The zero-order chi connectivity index (χ0) is 27.6.